The molecule has 0 atom stereocenters. The highest BCUT2D eigenvalue weighted by Crippen LogP contribution is 2.23. The minimum atomic E-state index is 0.144. The third-order valence-electron chi connectivity index (χ3n) is 2.34. The van der Waals surface area contributed by atoms with E-state index >= 15 is 0 Å². The van der Waals surface area contributed by atoms with E-state index in [0.29, 0.717) is 10.7 Å². The minimum Gasteiger partial charge on any atom is -0.325 e. The maximum absolute atomic E-state index is 8.73. The zero-order valence-corrected chi connectivity index (χ0v) is 9.72. The van der Waals surface area contributed by atoms with Gasteiger partial charge in [-0.1, -0.05) is 28.9 Å². The molecule has 2 rings (SSSR count). The highest BCUT2D eigenvalue weighted by Gasteiger charge is 2.13. The summed E-state index contributed by atoms with van der Waals surface area (Å²) in [6, 6.07) is 9.30. The summed E-state index contributed by atoms with van der Waals surface area (Å²) < 4.78 is 1.53. The Morgan fingerprint density at radius 2 is 2.06 bits per heavy atom. The fourth-order valence-corrected chi connectivity index (χ4v) is 1.71. The quantitative estimate of drug-likeness (QED) is 0.893. The first-order chi connectivity index (χ1) is 8.26. The van der Waals surface area contributed by atoms with Gasteiger partial charge in [0.1, 0.15) is 12.2 Å². The van der Waals surface area contributed by atoms with Gasteiger partial charge in [-0.05, 0) is 12.1 Å². The minimum absolute atomic E-state index is 0.144. The van der Waals surface area contributed by atoms with Gasteiger partial charge < -0.3 is 5.73 Å². The number of aromatic nitrogens is 3. The average molecular weight is 248 g/mol. The molecule has 0 spiro atoms. The second-order valence-electron chi connectivity index (χ2n) is 3.41. The Hall–Kier alpha value is -1.90. The van der Waals surface area contributed by atoms with Crippen molar-refractivity contribution in [2.24, 2.45) is 5.73 Å². The van der Waals surface area contributed by atoms with E-state index in [1.807, 2.05) is 18.2 Å². The van der Waals surface area contributed by atoms with Crippen molar-refractivity contribution in [1.82, 2.24) is 15.0 Å². The monoisotopic (exact) mass is 247 g/mol. The molecular formula is C11H10ClN5. The molecule has 0 aliphatic carbocycles. The molecule has 0 saturated heterocycles. The smallest absolute Gasteiger partial charge is 0.130 e. The van der Waals surface area contributed by atoms with E-state index in [9.17, 15) is 0 Å². The summed E-state index contributed by atoms with van der Waals surface area (Å²) in [5.74, 6) is 0. The van der Waals surface area contributed by atoms with Crippen LogP contribution in [0.1, 0.15) is 5.69 Å². The fourth-order valence-electron chi connectivity index (χ4n) is 1.59. The molecule has 86 valence electrons. The molecule has 0 aliphatic heterocycles. The Balaban J connectivity index is 2.52. The molecule has 0 radical (unpaired) electrons. The van der Waals surface area contributed by atoms with Crippen LogP contribution in [0.25, 0.3) is 11.3 Å². The molecule has 17 heavy (non-hydrogen) atoms. The third kappa shape index (κ3) is 2.28. The van der Waals surface area contributed by atoms with Gasteiger partial charge >= 0.3 is 0 Å². The fraction of sp³-hybridized carbons (Fsp3) is 0.182. The molecule has 0 fully saturated rings. The zero-order valence-electron chi connectivity index (χ0n) is 8.97. The first kappa shape index (κ1) is 11.6. The van der Waals surface area contributed by atoms with Gasteiger partial charge in [0.05, 0.1) is 11.8 Å². The number of nitriles is 1. The van der Waals surface area contributed by atoms with Crippen molar-refractivity contribution in [3.05, 3.63) is 35.0 Å². The predicted molar refractivity (Wildman–Crippen MR) is 64.0 cm³/mol. The Kier molecular flexibility index (Phi) is 3.38. The van der Waals surface area contributed by atoms with Crippen LogP contribution < -0.4 is 5.73 Å². The zero-order chi connectivity index (χ0) is 12.3. The van der Waals surface area contributed by atoms with Gasteiger partial charge in [-0.3, -0.25) is 0 Å². The summed E-state index contributed by atoms with van der Waals surface area (Å²) in [4.78, 5) is 0. The Morgan fingerprint density at radius 1 is 1.35 bits per heavy atom. The summed E-state index contributed by atoms with van der Waals surface area (Å²) >= 11 is 5.83. The molecule has 0 bridgehead atoms. The third-order valence-corrected chi connectivity index (χ3v) is 2.59. The van der Waals surface area contributed by atoms with E-state index in [0.717, 1.165) is 11.3 Å². The van der Waals surface area contributed by atoms with Crippen LogP contribution in [0.4, 0.5) is 0 Å². The first-order valence-electron chi connectivity index (χ1n) is 5.01. The molecule has 1 aromatic carbocycles. The summed E-state index contributed by atoms with van der Waals surface area (Å²) in [6.07, 6.45) is 0. The molecular weight excluding hydrogens is 238 g/mol. The van der Waals surface area contributed by atoms with Crippen molar-refractivity contribution in [2.45, 2.75) is 13.1 Å². The van der Waals surface area contributed by atoms with Crippen LogP contribution in [0.2, 0.25) is 5.02 Å². The maximum atomic E-state index is 8.73. The largest absolute Gasteiger partial charge is 0.325 e. The highest BCUT2D eigenvalue weighted by atomic mass is 35.5. The number of hydrogen-bond acceptors (Lipinski definition) is 4. The first-order valence-corrected chi connectivity index (χ1v) is 5.39. The van der Waals surface area contributed by atoms with Crippen LogP contribution in [0.15, 0.2) is 24.3 Å². The van der Waals surface area contributed by atoms with E-state index in [-0.39, 0.29) is 13.1 Å². The summed E-state index contributed by atoms with van der Waals surface area (Å²) in [5.41, 5.74) is 7.94. The number of nitrogens with zero attached hydrogens (tertiary/aromatic N) is 4. The van der Waals surface area contributed by atoms with Crippen LogP contribution in [-0.4, -0.2) is 15.0 Å². The molecule has 0 saturated carbocycles. The van der Waals surface area contributed by atoms with Gasteiger partial charge in [0, 0.05) is 17.1 Å². The van der Waals surface area contributed by atoms with E-state index in [1.165, 1.54) is 4.68 Å². The average Bonchev–Trinajstić information content (AvgIpc) is 2.74. The maximum Gasteiger partial charge on any atom is 0.130 e. The van der Waals surface area contributed by atoms with Crippen molar-refractivity contribution in [3.8, 4) is 17.3 Å². The molecule has 6 heteroatoms. The van der Waals surface area contributed by atoms with Crippen molar-refractivity contribution in [3.63, 3.8) is 0 Å². The second kappa shape index (κ2) is 4.95. The van der Waals surface area contributed by atoms with Crippen LogP contribution in [0, 0.1) is 11.3 Å². The van der Waals surface area contributed by atoms with Crippen LogP contribution >= 0.6 is 11.6 Å². The molecule has 2 aromatic rings. The van der Waals surface area contributed by atoms with Gasteiger partial charge in [-0.2, -0.15) is 5.26 Å². The number of nitrogens with two attached hydrogens (primary N) is 1. The van der Waals surface area contributed by atoms with Gasteiger partial charge in [0.2, 0.25) is 0 Å². The van der Waals surface area contributed by atoms with Crippen LogP contribution in [-0.2, 0) is 13.1 Å². The lowest BCUT2D eigenvalue weighted by molar-refractivity contribution is 0.673. The lowest BCUT2D eigenvalue weighted by Crippen LogP contribution is -2.03. The standard InChI is InChI=1S/C11H10ClN5/c12-9-3-1-8(2-4-9)11-10(7-14)15-16-17(11)6-5-13/h1-4H,6-7,14H2. The lowest BCUT2D eigenvalue weighted by atomic mass is 10.1. The SMILES string of the molecule is N#CCn1nnc(CN)c1-c1ccc(Cl)cc1. The second-order valence-corrected chi connectivity index (χ2v) is 3.85. The van der Waals surface area contributed by atoms with Gasteiger partial charge in [-0.15, -0.1) is 5.10 Å². The number of halogens is 1. The van der Waals surface area contributed by atoms with Gasteiger partial charge in [0.15, 0.2) is 0 Å². The Morgan fingerprint density at radius 3 is 2.65 bits per heavy atom. The number of hydrogen-bond donors (Lipinski definition) is 1. The predicted octanol–water partition coefficient (Wildman–Crippen LogP) is 1.58. The molecule has 0 aliphatic rings. The van der Waals surface area contributed by atoms with Crippen LogP contribution in [0.3, 0.4) is 0 Å². The molecule has 0 unspecified atom stereocenters. The van der Waals surface area contributed by atoms with Crippen molar-refractivity contribution in [1.29, 1.82) is 5.26 Å². The number of benzene rings is 1. The van der Waals surface area contributed by atoms with Gasteiger partial charge in [0.25, 0.3) is 0 Å². The molecule has 0 amide bonds. The van der Waals surface area contributed by atoms with Crippen molar-refractivity contribution >= 4 is 11.6 Å². The van der Waals surface area contributed by atoms with E-state index in [1.54, 1.807) is 12.1 Å². The Bertz CT molecular complexity index is 552. The molecule has 2 N–H and O–H groups in total. The van der Waals surface area contributed by atoms with E-state index in [2.05, 4.69) is 10.3 Å². The topological polar surface area (TPSA) is 80.5 Å². The van der Waals surface area contributed by atoms with Crippen molar-refractivity contribution < 1.29 is 0 Å². The number of rotatable bonds is 3. The van der Waals surface area contributed by atoms with E-state index < -0.39 is 0 Å². The van der Waals surface area contributed by atoms with Gasteiger partial charge in [-0.25, -0.2) is 4.68 Å². The van der Waals surface area contributed by atoms with Crippen molar-refractivity contribution in [2.75, 3.05) is 0 Å². The van der Waals surface area contributed by atoms with Crippen LogP contribution in [0.5, 0.6) is 0 Å². The molecule has 1 aromatic heterocycles. The molecule has 5 nitrogen and oxygen atoms in total. The lowest BCUT2D eigenvalue weighted by Gasteiger charge is -2.04. The normalized spacial score (nSPS) is 10.2. The summed E-state index contributed by atoms with van der Waals surface area (Å²) in [7, 11) is 0. The summed E-state index contributed by atoms with van der Waals surface area (Å²) in [5, 5.41) is 17.2. The Labute approximate surface area is 103 Å². The molecule has 1 heterocycles. The highest BCUT2D eigenvalue weighted by molar-refractivity contribution is 6.30. The van der Waals surface area contributed by atoms with E-state index in [4.69, 9.17) is 22.6 Å². The summed E-state index contributed by atoms with van der Waals surface area (Å²) in [6.45, 7) is 0.425.